The smallest absolute Gasteiger partial charge is 0.261 e. The number of carbonyl (C=O) groups excluding carboxylic acids is 1. The van der Waals surface area contributed by atoms with Crippen LogP contribution in [0.2, 0.25) is 0 Å². The monoisotopic (exact) mass is 457 g/mol. The highest BCUT2D eigenvalue weighted by molar-refractivity contribution is 7.92. The highest BCUT2D eigenvalue weighted by Crippen LogP contribution is 2.26. The average molecular weight is 458 g/mol. The molecule has 2 aromatic carbocycles. The number of carbonyl (C=O) groups is 1. The van der Waals surface area contributed by atoms with E-state index in [1.54, 1.807) is 37.4 Å². The third-order valence-electron chi connectivity index (χ3n) is 6.53. The van der Waals surface area contributed by atoms with Gasteiger partial charge in [-0.1, -0.05) is 18.9 Å². The molecule has 1 saturated carbocycles. The maximum Gasteiger partial charge on any atom is 0.261 e. The van der Waals surface area contributed by atoms with Gasteiger partial charge in [0.2, 0.25) is 0 Å². The summed E-state index contributed by atoms with van der Waals surface area (Å²) in [7, 11) is -2.27. The second-order valence-electron chi connectivity index (χ2n) is 8.58. The molecule has 1 heterocycles. The molecule has 1 N–H and O–H groups in total. The van der Waals surface area contributed by atoms with Gasteiger partial charge < -0.3 is 9.64 Å². The molecule has 0 radical (unpaired) electrons. The van der Waals surface area contributed by atoms with Crippen LogP contribution in [0.25, 0.3) is 0 Å². The van der Waals surface area contributed by atoms with Gasteiger partial charge in [0.1, 0.15) is 5.75 Å². The lowest BCUT2D eigenvalue weighted by molar-refractivity contribution is 0.0572. The fourth-order valence-corrected chi connectivity index (χ4v) is 5.69. The molecule has 32 heavy (non-hydrogen) atoms. The van der Waals surface area contributed by atoms with Gasteiger partial charge in [0.15, 0.2) is 0 Å². The molecule has 0 unspecified atom stereocenters. The number of hydrogen-bond donors (Lipinski definition) is 1. The van der Waals surface area contributed by atoms with Crippen LogP contribution in [0.5, 0.6) is 5.75 Å². The van der Waals surface area contributed by atoms with E-state index in [4.69, 9.17) is 4.74 Å². The third kappa shape index (κ3) is 4.91. The number of sulfonamides is 1. The lowest BCUT2D eigenvalue weighted by atomic mass is 10.1. The number of piperazine rings is 1. The Bertz CT molecular complexity index is 1060. The zero-order valence-corrected chi connectivity index (χ0v) is 19.5. The number of hydrogen-bond acceptors (Lipinski definition) is 5. The van der Waals surface area contributed by atoms with Gasteiger partial charge in [-0.25, -0.2) is 8.42 Å². The van der Waals surface area contributed by atoms with Crippen molar-refractivity contribution in [1.82, 2.24) is 9.80 Å². The Kier molecular flexibility index (Phi) is 6.71. The molecule has 0 bridgehead atoms. The van der Waals surface area contributed by atoms with E-state index in [1.165, 1.54) is 37.8 Å². The first-order valence-electron chi connectivity index (χ1n) is 11.2. The van der Waals surface area contributed by atoms with Gasteiger partial charge in [-0.3, -0.25) is 14.4 Å². The molecular formula is C24H31N3O4S. The minimum absolute atomic E-state index is 0.0758. The van der Waals surface area contributed by atoms with Crippen LogP contribution in [0, 0.1) is 6.92 Å². The number of anilines is 1. The van der Waals surface area contributed by atoms with Crippen molar-refractivity contribution < 1.29 is 17.9 Å². The van der Waals surface area contributed by atoms with Crippen molar-refractivity contribution in [3.8, 4) is 5.75 Å². The molecule has 0 aromatic heterocycles. The predicted molar refractivity (Wildman–Crippen MR) is 125 cm³/mol. The Balaban J connectivity index is 1.47. The zero-order chi connectivity index (χ0) is 22.7. The molecule has 1 aliphatic carbocycles. The lowest BCUT2D eigenvalue weighted by Crippen LogP contribution is -2.51. The number of benzene rings is 2. The Labute approximate surface area is 190 Å². The number of aryl methyl sites for hydroxylation is 1. The SMILES string of the molecule is COc1ccc(NS(=O)(=O)c2ccc(C)c(C(=O)N3CCN(C4CCCC4)CC3)c2)cc1. The largest absolute Gasteiger partial charge is 0.497 e. The topological polar surface area (TPSA) is 78.9 Å². The molecule has 0 atom stereocenters. The van der Waals surface area contributed by atoms with E-state index in [1.807, 2.05) is 11.8 Å². The van der Waals surface area contributed by atoms with Gasteiger partial charge in [0.05, 0.1) is 12.0 Å². The number of amides is 1. The zero-order valence-electron chi connectivity index (χ0n) is 18.7. The van der Waals surface area contributed by atoms with E-state index in [0.717, 1.165) is 18.7 Å². The van der Waals surface area contributed by atoms with Crippen molar-refractivity contribution in [1.29, 1.82) is 0 Å². The molecule has 2 aliphatic rings. The first-order chi connectivity index (χ1) is 15.4. The second kappa shape index (κ2) is 9.50. The molecule has 1 aliphatic heterocycles. The highest BCUT2D eigenvalue weighted by atomic mass is 32.2. The molecule has 2 fully saturated rings. The fraction of sp³-hybridized carbons (Fsp3) is 0.458. The molecule has 0 spiro atoms. The number of nitrogens with one attached hydrogen (secondary N) is 1. The Morgan fingerprint density at radius 2 is 1.66 bits per heavy atom. The molecule has 172 valence electrons. The van der Waals surface area contributed by atoms with Crippen LogP contribution < -0.4 is 9.46 Å². The summed E-state index contributed by atoms with van der Waals surface area (Å²) in [6, 6.07) is 12.0. The maximum absolute atomic E-state index is 13.2. The number of ether oxygens (including phenoxy) is 1. The first kappa shape index (κ1) is 22.6. The van der Waals surface area contributed by atoms with Crippen LogP contribution >= 0.6 is 0 Å². The van der Waals surface area contributed by atoms with Gasteiger partial charge in [-0.15, -0.1) is 0 Å². The van der Waals surface area contributed by atoms with Gasteiger partial charge in [-0.05, 0) is 61.7 Å². The summed E-state index contributed by atoms with van der Waals surface area (Å²) in [5.74, 6) is 0.541. The van der Waals surface area contributed by atoms with Crippen molar-refractivity contribution in [2.45, 2.75) is 43.5 Å². The summed E-state index contributed by atoms with van der Waals surface area (Å²) in [6.07, 6.45) is 5.12. The molecule has 2 aromatic rings. The summed E-state index contributed by atoms with van der Waals surface area (Å²) in [5, 5.41) is 0. The molecule has 7 nitrogen and oxygen atoms in total. The summed E-state index contributed by atoms with van der Waals surface area (Å²) < 4.78 is 33.6. The third-order valence-corrected chi connectivity index (χ3v) is 7.91. The predicted octanol–water partition coefficient (Wildman–Crippen LogP) is 3.50. The van der Waals surface area contributed by atoms with Gasteiger partial charge in [0, 0.05) is 43.5 Å². The van der Waals surface area contributed by atoms with E-state index in [2.05, 4.69) is 9.62 Å². The standard InChI is InChI=1S/C24H31N3O4S/c1-18-7-12-22(32(29,30)25-19-8-10-21(31-2)11-9-19)17-23(18)24(28)27-15-13-26(14-16-27)20-5-3-4-6-20/h7-12,17,20,25H,3-6,13-16H2,1-2H3. The first-order valence-corrected chi connectivity index (χ1v) is 12.7. The molecular weight excluding hydrogens is 426 g/mol. The molecule has 4 rings (SSSR count). The molecule has 8 heteroatoms. The summed E-state index contributed by atoms with van der Waals surface area (Å²) in [4.78, 5) is 17.7. The van der Waals surface area contributed by atoms with Crippen molar-refractivity contribution in [2.75, 3.05) is 38.0 Å². The Morgan fingerprint density at radius 3 is 2.28 bits per heavy atom. The summed E-state index contributed by atoms with van der Waals surface area (Å²) in [6.45, 7) is 4.96. The summed E-state index contributed by atoms with van der Waals surface area (Å²) >= 11 is 0. The average Bonchev–Trinajstić information content (AvgIpc) is 3.34. The summed E-state index contributed by atoms with van der Waals surface area (Å²) in [5.41, 5.74) is 1.65. The van der Waals surface area contributed by atoms with E-state index in [0.29, 0.717) is 36.1 Å². The van der Waals surface area contributed by atoms with Crippen LogP contribution in [0.15, 0.2) is 47.4 Å². The minimum Gasteiger partial charge on any atom is -0.497 e. The fourth-order valence-electron chi connectivity index (χ4n) is 4.60. The van der Waals surface area contributed by atoms with Gasteiger partial charge >= 0.3 is 0 Å². The number of rotatable bonds is 6. The minimum atomic E-state index is -3.83. The van der Waals surface area contributed by atoms with Crippen molar-refractivity contribution in [3.05, 3.63) is 53.6 Å². The van der Waals surface area contributed by atoms with Crippen LogP contribution in [0.1, 0.15) is 41.6 Å². The molecule has 1 saturated heterocycles. The molecule has 1 amide bonds. The second-order valence-corrected chi connectivity index (χ2v) is 10.3. The van der Waals surface area contributed by atoms with E-state index in [-0.39, 0.29) is 10.8 Å². The Morgan fingerprint density at radius 1 is 1.00 bits per heavy atom. The van der Waals surface area contributed by atoms with E-state index >= 15 is 0 Å². The van der Waals surface area contributed by atoms with Gasteiger partial charge in [0.25, 0.3) is 15.9 Å². The van der Waals surface area contributed by atoms with Crippen LogP contribution in [-0.4, -0.2) is 63.5 Å². The van der Waals surface area contributed by atoms with Crippen LogP contribution in [0.4, 0.5) is 5.69 Å². The Hall–Kier alpha value is -2.58. The van der Waals surface area contributed by atoms with Gasteiger partial charge in [-0.2, -0.15) is 0 Å². The van der Waals surface area contributed by atoms with Crippen molar-refractivity contribution in [2.24, 2.45) is 0 Å². The normalized spacial score (nSPS) is 18.0. The van der Waals surface area contributed by atoms with Crippen LogP contribution in [0.3, 0.4) is 0 Å². The highest BCUT2D eigenvalue weighted by Gasteiger charge is 2.29. The lowest BCUT2D eigenvalue weighted by Gasteiger charge is -2.38. The van der Waals surface area contributed by atoms with E-state index in [9.17, 15) is 13.2 Å². The van der Waals surface area contributed by atoms with Crippen molar-refractivity contribution >= 4 is 21.6 Å². The van der Waals surface area contributed by atoms with E-state index < -0.39 is 10.0 Å². The van der Waals surface area contributed by atoms with Crippen LogP contribution in [-0.2, 0) is 10.0 Å². The maximum atomic E-state index is 13.2. The number of nitrogens with zero attached hydrogens (tertiary/aromatic N) is 2. The van der Waals surface area contributed by atoms with Crippen molar-refractivity contribution in [3.63, 3.8) is 0 Å². The quantitative estimate of drug-likeness (QED) is 0.718. The number of methoxy groups -OCH3 is 1.